The second-order valence-corrected chi connectivity index (χ2v) is 5.09. The van der Waals surface area contributed by atoms with E-state index in [1.165, 1.54) is 0 Å². The fourth-order valence-corrected chi connectivity index (χ4v) is 2.39. The predicted molar refractivity (Wildman–Crippen MR) is 72.9 cm³/mol. The highest BCUT2D eigenvalue weighted by atomic mass is 19.3. The fraction of sp³-hybridized carbons (Fsp3) is 0.533. The number of piperidine rings is 1. The Balaban J connectivity index is 1.76. The van der Waals surface area contributed by atoms with Crippen molar-refractivity contribution < 1.29 is 23.0 Å². The maximum absolute atomic E-state index is 12.0. The van der Waals surface area contributed by atoms with Gasteiger partial charge in [-0.1, -0.05) is 30.3 Å². The number of hydrogen-bond acceptors (Lipinski definition) is 3. The van der Waals surface area contributed by atoms with E-state index in [0.29, 0.717) is 13.1 Å². The summed E-state index contributed by atoms with van der Waals surface area (Å²) >= 11 is 0. The first kappa shape index (κ1) is 15.7. The standard InChI is InChI=1S/C15H19F2NO3/c16-14(17)20-11-13-7-4-8-18(9-13)15(19)21-10-12-5-2-1-3-6-12/h1-3,5-6,13-14H,4,7-11H2. The minimum atomic E-state index is -2.76. The summed E-state index contributed by atoms with van der Waals surface area (Å²) in [6.45, 7) is -1.57. The average Bonchev–Trinajstić information content (AvgIpc) is 2.52. The molecular formula is C15H19F2NO3. The first-order valence-electron chi connectivity index (χ1n) is 7.00. The molecule has 21 heavy (non-hydrogen) atoms. The van der Waals surface area contributed by atoms with Crippen LogP contribution in [0.1, 0.15) is 18.4 Å². The number of carbonyl (C=O) groups is 1. The molecule has 0 aromatic heterocycles. The van der Waals surface area contributed by atoms with Crippen molar-refractivity contribution in [3.63, 3.8) is 0 Å². The number of nitrogens with zero attached hydrogens (tertiary/aromatic N) is 1. The predicted octanol–water partition coefficient (Wildman–Crippen LogP) is 3.27. The zero-order valence-electron chi connectivity index (χ0n) is 11.7. The van der Waals surface area contributed by atoms with Crippen LogP contribution in [0.4, 0.5) is 13.6 Å². The minimum Gasteiger partial charge on any atom is -0.445 e. The summed E-state index contributed by atoms with van der Waals surface area (Å²) in [5.41, 5.74) is 0.917. The molecule has 0 N–H and O–H groups in total. The molecule has 1 aliphatic heterocycles. The van der Waals surface area contributed by atoms with Gasteiger partial charge in [-0.2, -0.15) is 8.78 Å². The number of halogens is 2. The van der Waals surface area contributed by atoms with Gasteiger partial charge in [0.05, 0.1) is 6.61 Å². The minimum absolute atomic E-state index is 0.0276. The summed E-state index contributed by atoms with van der Waals surface area (Å²) < 4.78 is 33.6. The van der Waals surface area contributed by atoms with E-state index in [0.717, 1.165) is 18.4 Å². The molecule has 0 bridgehead atoms. The third kappa shape index (κ3) is 5.30. The molecule has 0 saturated carbocycles. The van der Waals surface area contributed by atoms with Gasteiger partial charge in [-0.3, -0.25) is 0 Å². The van der Waals surface area contributed by atoms with E-state index >= 15 is 0 Å². The lowest BCUT2D eigenvalue weighted by atomic mass is 9.99. The number of carbonyl (C=O) groups excluding carboxylic acids is 1. The van der Waals surface area contributed by atoms with Crippen LogP contribution in [-0.4, -0.2) is 37.3 Å². The largest absolute Gasteiger partial charge is 0.445 e. The molecule has 1 aromatic rings. The molecule has 4 nitrogen and oxygen atoms in total. The van der Waals surface area contributed by atoms with E-state index in [1.807, 2.05) is 30.3 Å². The highest BCUT2D eigenvalue weighted by molar-refractivity contribution is 5.67. The first-order chi connectivity index (χ1) is 10.1. The molecule has 1 heterocycles. The van der Waals surface area contributed by atoms with E-state index in [1.54, 1.807) is 4.90 Å². The zero-order chi connectivity index (χ0) is 15.1. The first-order valence-corrected chi connectivity index (χ1v) is 7.00. The van der Waals surface area contributed by atoms with Crippen LogP contribution in [0.15, 0.2) is 30.3 Å². The molecule has 1 saturated heterocycles. The van der Waals surface area contributed by atoms with E-state index in [2.05, 4.69) is 4.74 Å². The quantitative estimate of drug-likeness (QED) is 0.837. The highest BCUT2D eigenvalue weighted by Gasteiger charge is 2.25. The number of amides is 1. The number of rotatable bonds is 5. The fourth-order valence-electron chi connectivity index (χ4n) is 2.39. The van der Waals surface area contributed by atoms with Gasteiger partial charge >= 0.3 is 12.7 Å². The van der Waals surface area contributed by atoms with E-state index in [9.17, 15) is 13.6 Å². The molecule has 0 radical (unpaired) electrons. The summed E-state index contributed by atoms with van der Waals surface area (Å²) in [5.74, 6) is -0.0583. The van der Waals surface area contributed by atoms with Crippen molar-refractivity contribution in [1.29, 1.82) is 0 Å². The van der Waals surface area contributed by atoms with Crippen LogP contribution in [-0.2, 0) is 16.1 Å². The summed E-state index contributed by atoms with van der Waals surface area (Å²) in [6, 6.07) is 9.40. The molecule has 1 aliphatic rings. The van der Waals surface area contributed by atoms with E-state index in [-0.39, 0.29) is 19.1 Å². The molecule has 0 spiro atoms. The van der Waals surface area contributed by atoms with Crippen molar-refractivity contribution in [2.24, 2.45) is 5.92 Å². The Morgan fingerprint density at radius 2 is 2.10 bits per heavy atom. The van der Waals surface area contributed by atoms with Crippen LogP contribution in [0.25, 0.3) is 0 Å². The third-order valence-electron chi connectivity index (χ3n) is 3.44. The second-order valence-electron chi connectivity index (χ2n) is 5.09. The highest BCUT2D eigenvalue weighted by Crippen LogP contribution is 2.18. The Morgan fingerprint density at radius 3 is 2.81 bits per heavy atom. The molecule has 116 valence electrons. The molecule has 6 heteroatoms. The zero-order valence-corrected chi connectivity index (χ0v) is 11.7. The summed E-state index contributed by atoms with van der Waals surface area (Å²) in [4.78, 5) is 13.5. The van der Waals surface area contributed by atoms with Crippen LogP contribution < -0.4 is 0 Å². The van der Waals surface area contributed by atoms with Crippen molar-refractivity contribution in [2.75, 3.05) is 19.7 Å². The summed E-state index contributed by atoms with van der Waals surface area (Å²) in [6.07, 6.45) is 1.16. The summed E-state index contributed by atoms with van der Waals surface area (Å²) in [5, 5.41) is 0. The summed E-state index contributed by atoms with van der Waals surface area (Å²) in [7, 11) is 0. The van der Waals surface area contributed by atoms with Crippen molar-refractivity contribution in [2.45, 2.75) is 26.1 Å². The maximum Gasteiger partial charge on any atom is 0.410 e. The molecule has 1 unspecified atom stereocenters. The molecule has 0 aliphatic carbocycles. The van der Waals surface area contributed by atoms with Gasteiger partial charge < -0.3 is 14.4 Å². The van der Waals surface area contributed by atoms with Gasteiger partial charge in [-0.25, -0.2) is 4.79 Å². The Bertz CT molecular complexity index is 442. The Hall–Kier alpha value is -1.69. The molecule has 1 atom stereocenters. The van der Waals surface area contributed by atoms with Gasteiger partial charge in [0.15, 0.2) is 0 Å². The Morgan fingerprint density at radius 1 is 1.33 bits per heavy atom. The number of ether oxygens (including phenoxy) is 2. The molecule has 2 rings (SSSR count). The maximum atomic E-state index is 12.0. The number of alkyl halides is 2. The lowest BCUT2D eigenvalue weighted by Gasteiger charge is -2.31. The number of hydrogen-bond donors (Lipinski definition) is 0. The SMILES string of the molecule is O=C(OCc1ccccc1)N1CCCC(COC(F)F)C1. The van der Waals surface area contributed by atoms with Gasteiger partial charge in [0.2, 0.25) is 0 Å². The second kappa shape index (κ2) is 7.93. The molecule has 1 fully saturated rings. The van der Waals surface area contributed by atoms with E-state index in [4.69, 9.17) is 4.74 Å². The van der Waals surface area contributed by atoms with Crippen LogP contribution in [0.3, 0.4) is 0 Å². The van der Waals surface area contributed by atoms with Gasteiger partial charge in [0, 0.05) is 19.0 Å². The van der Waals surface area contributed by atoms with Crippen molar-refractivity contribution >= 4 is 6.09 Å². The molecular weight excluding hydrogens is 280 g/mol. The van der Waals surface area contributed by atoms with Gasteiger partial charge in [0.25, 0.3) is 0 Å². The van der Waals surface area contributed by atoms with Crippen LogP contribution in [0.5, 0.6) is 0 Å². The van der Waals surface area contributed by atoms with Crippen molar-refractivity contribution in [1.82, 2.24) is 4.90 Å². The van der Waals surface area contributed by atoms with Gasteiger partial charge in [-0.15, -0.1) is 0 Å². The Labute approximate surface area is 122 Å². The third-order valence-corrected chi connectivity index (χ3v) is 3.44. The van der Waals surface area contributed by atoms with Crippen molar-refractivity contribution in [3.05, 3.63) is 35.9 Å². The van der Waals surface area contributed by atoms with Crippen molar-refractivity contribution in [3.8, 4) is 0 Å². The van der Waals surface area contributed by atoms with E-state index < -0.39 is 12.7 Å². The van der Waals surface area contributed by atoms with Gasteiger partial charge in [0.1, 0.15) is 6.61 Å². The Kier molecular flexibility index (Phi) is 5.92. The smallest absolute Gasteiger partial charge is 0.410 e. The number of likely N-dealkylation sites (tertiary alicyclic amines) is 1. The monoisotopic (exact) mass is 299 g/mol. The lowest BCUT2D eigenvalue weighted by molar-refractivity contribution is -0.141. The molecule has 1 amide bonds. The topological polar surface area (TPSA) is 38.8 Å². The van der Waals surface area contributed by atoms with Crippen LogP contribution in [0.2, 0.25) is 0 Å². The van der Waals surface area contributed by atoms with Crippen LogP contribution in [0, 0.1) is 5.92 Å². The van der Waals surface area contributed by atoms with Gasteiger partial charge in [-0.05, 0) is 18.4 Å². The normalized spacial score (nSPS) is 18.8. The van der Waals surface area contributed by atoms with Crippen LogP contribution >= 0.6 is 0 Å². The molecule has 1 aromatic carbocycles. The average molecular weight is 299 g/mol. The lowest BCUT2D eigenvalue weighted by Crippen LogP contribution is -2.41. The number of benzene rings is 1.